The van der Waals surface area contributed by atoms with Crippen LogP contribution in [0, 0.1) is 6.92 Å². The molecular formula is C10H10OS. The summed E-state index contributed by atoms with van der Waals surface area (Å²) in [5.41, 5.74) is 3.42. The van der Waals surface area contributed by atoms with Gasteiger partial charge < -0.3 is 0 Å². The van der Waals surface area contributed by atoms with Gasteiger partial charge in [0.15, 0.2) is 5.78 Å². The van der Waals surface area contributed by atoms with E-state index < -0.39 is 0 Å². The Balaban J connectivity index is 2.59. The van der Waals surface area contributed by atoms with Crippen LogP contribution in [0.5, 0.6) is 0 Å². The Labute approximate surface area is 76.2 Å². The maximum atomic E-state index is 11.4. The summed E-state index contributed by atoms with van der Waals surface area (Å²) in [6, 6.07) is 5.96. The summed E-state index contributed by atoms with van der Waals surface area (Å²) < 4.78 is 0. The second-order valence-electron chi connectivity index (χ2n) is 3.02. The van der Waals surface area contributed by atoms with Crippen molar-refractivity contribution in [1.82, 2.24) is 0 Å². The third-order valence-corrected chi connectivity index (χ3v) is 3.15. The number of ketones is 1. The fourth-order valence-corrected chi connectivity index (χ4v) is 2.51. The van der Waals surface area contributed by atoms with Gasteiger partial charge in [0.2, 0.25) is 0 Å². The number of Topliss-reactive ketones (excluding diaryl/α,β-unsaturated/α-hetero) is 1. The van der Waals surface area contributed by atoms with Crippen LogP contribution in [0.25, 0.3) is 0 Å². The molecule has 1 aromatic carbocycles. The zero-order chi connectivity index (χ0) is 8.55. The molecule has 0 spiro atoms. The number of thioether (sulfide) groups is 1. The highest BCUT2D eigenvalue weighted by Crippen LogP contribution is 2.26. The van der Waals surface area contributed by atoms with E-state index in [1.807, 2.05) is 12.1 Å². The molecule has 0 unspecified atom stereocenters. The highest BCUT2D eigenvalue weighted by molar-refractivity contribution is 7.99. The third-order valence-electron chi connectivity index (χ3n) is 2.19. The van der Waals surface area contributed by atoms with Crippen molar-refractivity contribution in [2.45, 2.75) is 12.7 Å². The minimum Gasteiger partial charge on any atom is -0.293 e. The summed E-state index contributed by atoms with van der Waals surface area (Å²) in [4.78, 5) is 11.4. The predicted octanol–water partition coefficient (Wildman–Crippen LogP) is 2.42. The van der Waals surface area contributed by atoms with Crippen LogP contribution in [0.4, 0.5) is 0 Å². The van der Waals surface area contributed by atoms with Gasteiger partial charge in [0.25, 0.3) is 0 Å². The van der Waals surface area contributed by atoms with E-state index in [0.717, 1.165) is 11.3 Å². The molecule has 0 N–H and O–H groups in total. The molecule has 0 fully saturated rings. The lowest BCUT2D eigenvalue weighted by molar-refractivity contribution is 0.102. The first-order valence-corrected chi connectivity index (χ1v) is 5.14. The summed E-state index contributed by atoms with van der Waals surface area (Å²) in [5.74, 6) is 1.93. The molecule has 2 rings (SSSR count). The van der Waals surface area contributed by atoms with Crippen LogP contribution in [-0.4, -0.2) is 11.5 Å². The van der Waals surface area contributed by atoms with Gasteiger partial charge in [0.1, 0.15) is 0 Å². The Morgan fingerprint density at radius 1 is 1.33 bits per heavy atom. The van der Waals surface area contributed by atoms with Gasteiger partial charge in [-0.25, -0.2) is 0 Å². The second-order valence-corrected chi connectivity index (χ2v) is 4.00. The van der Waals surface area contributed by atoms with E-state index >= 15 is 0 Å². The van der Waals surface area contributed by atoms with Crippen LogP contribution in [-0.2, 0) is 5.75 Å². The highest BCUT2D eigenvalue weighted by Gasteiger charge is 2.17. The quantitative estimate of drug-likeness (QED) is 0.607. The number of hydrogen-bond donors (Lipinski definition) is 0. The predicted molar refractivity (Wildman–Crippen MR) is 51.7 cm³/mol. The van der Waals surface area contributed by atoms with Crippen LogP contribution >= 0.6 is 11.8 Å². The van der Waals surface area contributed by atoms with Gasteiger partial charge in [-0.2, -0.15) is 0 Å². The first kappa shape index (κ1) is 7.87. The first-order valence-electron chi connectivity index (χ1n) is 3.98. The molecule has 1 heterocycles. The molecule has 0 bridgehead atoms. The molecule has 1 nitrogen and oxygen atoms in total. The van der Waals surface area contributed by atoms with Crippen LogP contribution in [0.1, 0.15) is 21.5 Å². The number of carbonyl (C=O) groups excluding carboxylic acids is 1. The zero-order valence-electron chi connectivity index (χ0n) is 6.96. The van der Waals surface area contributed by atoms with Crippen molar-refractivity contribution in [1.29, 1.82) is 0 Å². The molecule has 0 aromatic heterocycles. The van der Waals surface area contributed by atoms with Crippen LogP contribution < -0.4 is 0 Å². The van der Waals surface area contributed by atoms with Gasteiger partial charge in [-0.15, -0.1) is 11.8 Å². The van der Waals surface area contributed by atoms with Gasteiger partial charge in [-0.3, -0.25) is 4.79 Å². The number of fused-ring (bicyclic) bond motifs is 1. The minimum absolute atomic E-state index is 0.282. The molecule has 1 aliphatic rings. The lowest BCUT2D eigenvalue weighted by Crippen LogP contribution is -2.12. The van der Waals surface area contributed by atoms with Crippen LogP contribution in [0.2, 0.25) is 0 Å². The minimum atomic E-state index is 0.282. The molecule has 0 saturated carbocycles. The standard InChI is InChI=1S/C10H10OS/c1-7-3-2-4-8-9(7)5-12-6-10(8)11/h2-4H,5-6H2,1H3. The maximum Gasteiger partial charge on any atom is 0.173 e. The van der Waals surface area contributed by atoms with E-state index in [1.165, 1.54) is 11.1 Å². The Bertz CT molecular complexity index is 331. The van der Waals surface area contributed by atoms with Gasteiger partial charge in [-0.05, 0) is 18.1 Å². The smallest absolute Gasteiger partial charge is 0.173 e. The number of hydrogen-bond acceptors (Lipinski definition) is 2. The van der Waals surface area contributed by atoms with Crippen LogP contribution in [0.15, 0.2) is 18.2 Å². The summed E-state index contributed by atoms with van der Waals surface area (Å²) in [5, 5.41) is 0. The maximum absolute atomic E-state index is 11.4. The van der Waals surface area contributed by atoms with Gasteiger partial charge >= 0.3 is 0 Å². The molecule has 1 aliphatic heterocycles. The SMILES string of the molecule is Cc1cccc2c1CSCC2=O. The van der Waals surface area contributed by atoms with Crippen molar-refractivity contribution < 1.29 is 4.79 Å². The third kappa shape index (κ3) is 1.16. The van der Waals surface area contributed by atoms with Crippen molar-refractivity contribution in [3.8, 4) is 0 Å². The zero-order valence-corrected chi connectivity index (χ0v) is 7.78. The fraction of sp³-hybridized carbons (Fsp3) is 0.300. The molecule has 0 aliphatic carbocycles. The molecule has 2 heteroatoms. The average molecular weight is 178 g/mol. The molecule has 12 heavy (non-hydrogen) atoms. The normalized spacial score (nSPS) is 15.9. The lowest BCUT2D eigenvalue weighted by Gasteiger charge is -2.15. The van der Waals surface area contributed by atoms with Crippen molar-refractivity contribution in [3.05, 3.63) is 34.9 Å². The molecule has 1 aromatic rings. The largest absolute Gasteiger partial charge is 0.293 e. The molecular weight excluding hydrogens is 168 g/mol. The van der Waals surface area contributed by atoms with Crippen LogP contribution in [0.3, 0.4) is 0 Å². The van der Waals surface area contributed by atoms with Crippen molar-refractivity contribution >= 4 is 17.5 Å². The summed E-state index contributed by atoms with van der Waals surface area (Å²) >= 11 is 1.71. The second kappa shape index (κ2) is 2.94. The van der Waals surface area contributed by atoms with E-state index in [4.69, 9.17) is 0 Å². The van der Waals surface area contributed by atoms with Gasteiger partial charge in [0, 0.05) is 11.3 Å². The Hall–Kier alpha value is -0.760. The number of carbonyl (C=O) groups is 1. The van der Waals surface area contributed by atoms with Crippen molar-refractivity contribution in [3.63, 3.8) is 0 Å². The fourth-order valence-electron chi connectivity index (χ4n) is 1.48. The molecule has 0 saturated heterocycles. The van der Waals surface area contributed by atoms with E-state index in [2.05, 4.69) is 13.0 Å². The summed E-state index contributed by atoms with van der Waals surface area (Å²) in [6.07, 6.45) is 0. The molecule has 62 valence electrons. The van der Waals surface area contributed by atoms with Crippen molar-refractivity contribution in [2.75, 3.05) is 5.75 Å². The van der Waals surface area contributed by atoms with E-state index in [-0.39, 0.29) is 5.78 Å². The Morgan fingerprint density at radius 2 is 2.17 bits per heavy atom. The molecule has 0 radical (unpaired) electrons. The topological polar surface area (TPSA) is 17.1 Å². The number of benzene rings is 1. The van der Waals surface area contributed by atoms with E-state index in [0.29, 0.717) is 5.75 Å². The number of rotatable bonds is 0. The monoisotopic (exact) mass is 178 g/mol. The van der Waals surface area contributed by atoms with Gasteiger partial charge in [-0.1, -0.05) is 18.2 Å². The van der Waals surface area contributed by atoms with E-state index in [1.54, 1.807) is 11.8 Å². The van der Waals surface area contributed by atoms with Crippen molar-refractivity contribution in [2.24, 2.45) is 0 Å². The lowest BCUT2D eigenvalue weighted by atomic mass is 10.0. The Kier molecular flexibility index (Phi) is 1.93. The Morgan fingerprint density at radius 3 is 2.92 bits per heavy atom. The molecule has 0 atom stereocenters. The van der Waals surface area contributed by atoms with E-state index in [9.17, 15) is 4.79 Å². The number of aryl methyl sites for hydroxylation is 1. The summed E-state index contributed by atoms with van der Waals surface area (Å²) in [7, 11) is 0. The highest BCUT2D eigenvalue weighted by atomic mass is 32.2. The first-order chi connectivity index (χ1) is 5.79. The molecule has 0 amide bonds. The average Bonchev–Trinajstić information content (AvgIpc) is 2.07. The van der Waals surface area contributed by atoms with Gasteiger partial charge in [0.05, 0.1) is 5.75 Å². The summed E-state index contributed by atoms with van der Waals surface area (Å²) in [6.45, 7) is 2.07.